The maximum atomic E-state index is 12.5. The number of phenols is 1. The van der Waals surface area contributed by atoms with Gasteiger partial charge in [0, 0.05) is 11.1 Å². The Kier molecular flexibility index (Phi) is 6.60. The highest BCUT2D eigenvalue weighted by Crippen LogP contribution is 2.27. The first-order chi connectivity index (χ1) is 16.1. The highest BCUT2D eigenvalue weighted by molar-refractivity contribution is 6.07. The minimum absolute atomic E-state index is 0.00996. The summed E-state index contributed by atoms with van der Waals surface area (Å²) in [6.07, 6.45) is 3.22. The average molecular weight is 440 g/mol. The minimum Gasteiger partial charge on any atom is -0.504 e. The summed E-state index contributed by atoms with van der Waals surface area (Å²) in [7, 11) is 3.06. The molecule has 4 aromatic carbocycles. The topological polar surface area (TPSA) is 65.0 Å². The second-order valence-electron chi connectivity index (χ2n) is 7.45. The zero-order valence-electron chi connectivity index (χ0n) is 18.4. The Morgan fingerprint density at radius 3 is 2.42 bits per heavy atom. The van der Waals surface area contributed by atoms with Gasteiger partial charge in [-0.2, -0.15) is 0 Å². The number of methoxy groups -OCH3 is 2. The summed E-state index contributed by atoms with van der Waals surface area (Å²) < 4.78 is 16.6. The van der Waals surface area contributed by atoms with Crippen molar-refractivity contribution in [1.82, 2.24) is 0 Å². The van der Waals surface area contributed by atoms with E-state index in [0.29, 0.717) is 17.9 Å². The maximum Gasteiger partial charge on any atom is 0.185 e. The molecule has 0 saturated heterocycles. The Labute approximate surface area is 192 Å². The lowest BCUT2D eigenvalue weighted by Gasteiger charge is -2.12. The molecule has 0 aliphatic rings. The van der Waals surface area contributed by atoms with Crippen LogP contribution in [0.4, 0.5) is 0 Å². The van der Waals surface area contributed by atoms with Gasteiger partial charge in [-0.1, -0.05) is 42.5 Å². The van der Waals surface area contributed by atoms with Crippen LogP contribution in [0.25, 0.3) is 16.8 Å². The van der Waals surface area contributed by atoms with E-state index in [1.54, 1.807) is 19.3 Å². The Hall–Kier alpha value is -4.25. The van der Waals surface area contributed by atoms with Crippen LogP contribution in [0.5, 0.6) is 23.0 Å². The van der Waals surface area contributed by atoms with Gasteiger partial charge in [-0.05, 0) is 64.9 Å². The number of benzene rings is 4. The fourth-order valence-electron chi connectivity index (χ4n) is 3.53. The van der Waals surface area contributed by atoms with Crippen LogP contribution in [0.3, 0.4) is 0 Å². The van der Waals surface area contributed by atoms with Crippen molar-refractivity contribution in [2.24, 2.45) is 0 Å². The molecule has 0 unspecified atom stereocenters. The van der Waals surface area contributed by atoms with Crippen molar-refractivity contribution >= 4 is 22.6 Å². The summed E-state index contributed by atoms with van der Waals surface area (Å²) in [5.41, 5.74) is 2.13. The SMILES string of the molecule is COc1cc(C(=O)/C=C/c2ccc(OC)c(COc3ccc4ccccc4c3)c2)ccc1O. The van der Waals surface area contributed by atoms with E-state index < -0.39 is 0 Å². The van der Waals surface area contributed by atoms with Gasteiger partial charge < -0.3 is 19.3 Å². The molecular formula is C28H24O5. The van der Waals surface area contributed by atoms with E-state index in [9.17, 15) is 9.90 Å². The highest BCUT2D eigenvalue weighted by atomic mass is 16.5. The van der Waals surface area contributed by atoms with Gasteiger partial charge in [-0.15, -0.1) is 0 Å². The Morgan fingerprint density at radius 2 is 1.64 bits per heavy atom. The molecule has 5 heteroatoms. The van der Waals surface area contributed by atoms with Crippen LogP contribution in [0.1, 0.15) is 21.5 Å². The highest BCUT2D eigenvalue weighted by Gasteiger charge is 2.09. The molecule has 0 aromatic heterocycles. The first-order valence-corrected chi connectivity index (χ1v) is 10.5. The van der Waals surface area contributed by atoms with E-state index in [-0.39, 0.29) is 17.3 Å². The Balaban J connectivity index is 1.50. The average Bonchev–Trinajstić information content (AvgIpc) is 2.86. The van der Waals surface area contributed by atoms with Gasteiger partial charge >= 0.3 is 0 Å². The zero-order valence-corrected chi connectivity index (χ0v) is 18.4. The molecule has 5 nitrogen and oxygen atoms in total. The molecule has 0 bridgehead atoms. The first kappa shape index (κ1) is 22.0. The molecule has 0 aliphatic carbocycles. The maximum absolute atomic E-state index is 12.5. The molecule has 0 saturated carbocycles. The monoisotopic (exact) mass is 440 g/mol. The smallest absolute Gasteiger partial charge is 0.185 e. The summed E-state index contributed by atoms with van der Waals surface area (Å²) >= 11 is 0. The number of aromatic hydroxyl groups is 1. The van der Waals surface area contributed by atoms with Crippen LogP contribution in [0, 0.1) is 0 Å². The fourth-order valence-corrected chi connectivity index (χ4v) is 3.53. The number of allylic oxidation sites excluding steroid dienone is 1. The number of rotatable bonds is 8. The second-order valence-corrected chi connectivity index (χ2v) is 7.45. The Bertz CT molecular complexity index is 1320. The molecule has 0 spiro atoms. The number of ketones is 1. The van der Waals surface area contributed by atoms with E-state index in [1.165, 1.54) is 25.3 Å². The normalized spacial score (nSPS) is 11.0. The molecule has 4 rings (SSSR count). The van der Waals surface area contributed by atoms with Crippen molar-refractivity contribution in [3.63, 3.8) is 0 Å². The number of ether oxygens (including phenoxy) is 3. The lowest BCUT2D eigenvalue weighted by Crippen LogP contribution is -1.99. The third kappa shape index (κ3) is 5.15. The number of fused-ring (bicyclic) bond motifs is 1. The van der Waals surface area contributed by atoms with Gasteiger partial charge in [0.2, 0.25) is 0 Å². The van der Waals surface area contributed by atoms with Crippen LogP contribution < -0.4 is 14.2 Å². The molecule has 0 amide bonds. The second kappa shape index (κ2) is 9.92. The fraction of sp³-hybridized carbons (Fsp3) is 0.107. The van der Waals surface area contributed by atoms with E-state index >= 15 is 0 Å². The molecular weight excluding hydrogens is 416 g/mol. The largest absolute Gasteiger partial charge is 0.504 e. The number of hydrogen-bond acceptors (Lipinski definition) is 5. The van der Waals surface area contributed by atoms with Gasteiger partial charge in [0.15, 0.2) is 17.3 Å². The molecule has 166 valence electrons. The van der Waals surface area contributed by atoms with Crippen molar-refractivity contribution in [1.29, 1.82) is 0 Å². The first-order valence-electron chi connectivity index (χ1n) is 10.5. The lowest BCUT2D eigenvalue weighted by atomic mass is 10.1. The van der Waals surface area contributed by atoms with Gasteiger partial charge in [0.1, 0.15) is 18.1 Å². The summed E-state index contributed by atoms with van der Waals surface area (Å²) in [6.45, 7) is 0.326. The van der Waals surface area contributed by atoms with Gasteiger partial charge in [-0.25, -0.2) is 0 Å². The number of carbonyl (C=O) groups excluding carboxylic acids is 1. The van der Waals surface area contributed by atoms with Gasteiger partial charge in [-0.3, -0.25) is 4.79 Å². The molecule has 0 heterocycles. The van der Waals surface area contributed by atoms with E-state index in [4.69, 9.17) is 14.2 Å². The number of carbonyl (C=O) groups is 1. The lowest BCUT2D eigenvalue weighted by molar-refractivity contribution is 0.104. The van der Waals surface area contributed by atoms with Crippen molar-refractivity contribution in [3.8, 4) is 23.0 Å². The van der Waals surface area contributed by atoms with Crippen LogP contribution in [0.15, 0.2) is 84.9 Å². The van der Waals surface area contributed by atoms with E-state index in [1.807, 2.05) is 48.5 Å². The van der Waals surface area contributed by atoms with Crippen LogP contribution in [-0.2, 0) is 6.61 Å². The summed E-state index contributed by atoms with van der Waals surface area (Å²) in [5.74, 6) is 1.53. The number of hydrogen-bond donors (Lipinski definition) is 1. The molecule has 0 fully saturated rings. The van der Waals surface area contributed by atoms with E-state index in [2.05, 4.69) is 12.1 Å². The van der Waals surface area contributed by atoms with Crippen LogP contribution in [0.2, 0.25) is 0 Å². The molecule has 1 N–H and O–H groups in total. The van der Waals surface area contributed by atoms with Gasteiger partial charge in [0.25, 0.3) is 0 Å². The molecule has 0 aliphatic heterocycles. The quantitative estimate of drug-likeness (QED) is 0.267. The van der Waals surface area contributed by atoms with Crippen molar-refractivity contribution in [2.75, 3.05) is 14.2 Å². The number of phenolic OH excluding ortho intramolecular Hbond substituents is 1. The zero-order chi connectivity index (χ0) is 23.2. The van der Waals surface area contributed by atoms with Gasteiger partial charge in [0.05, 0.1) is 14.2 Å². The summed E-state index contributed by atoms with van der Waals surface area (Å²) in [4.78, 5) is 12.5. The van der Waals surface area contributed by atoms with Crippen molar-refractivity contribution < 1.29 is 24.1 Å². The van der Waals surface area contributed by atoms with Crippen LogP contribution in [-0.4, -0.2) is 25.1 Å². The Morgan fingerprint density at radius 1 is 0.848 bits per heavy atom. The van der Waals surface area contributed by atoms with Crippen LogP contribution >= 0.6 is 0 Å². The van der Waals surface area contributed by atoms with E-state index in [0.717, 1.165) is 27.6 Å². The summed E-state index contributed by atoms with van der Waals surface area (Å²) in [6, 6.07) is 24.3. The van der Waals surface area contributed by atoms with Crippen molar-refractivity contribution in [2.45, 2.75) is 6.61 Å². The molecule has 0 radical (unpaired) electrons. The summed E-state index contributed by atoms with van der Waals surface area (Å²) in [5, 5.41) is 12.0. The minimum atomic E-state index is -0.196. The van der Waals surface area contributed by atoms with Crippen molar-refractivity contribution in [3.05, 3.63) is 102 Å². The molecule has 0 atom stereocenters. The third-order valence-corrected chi connectivity index (χ3v) is 5.31. The standard InChI is InChI=1S/C28H24O5/c1-31-27-14-8-19(7-12-25(29)22-10-13-26(30)28(17-22)32-2)15-23(27)18-33-24-11-9-20-5-3-4-6-21(20)16-24/h3-17,30H,18H2,1-2H3/b12-7+. The third-order valence-electron chi connectivity index (χ3n) is 5.31. The predicted molar refractivity (Wildman–Crippen MR) is 129 cm³/mol. The predicted octanol–water partition coefficient (Wildman–Crippen LogP) is 6.04. The molecule has 4 aromatic rings. The molecule has 33 heavy (non-hydrogen) atoms.